The fraction of sp³-hybridized carbons (Fsp3) is 0.389. The summed E-state index contributed by atoms with van der Waals surface area (Å²) in [6.07, 6.45) is 3.19. The van der Waals surface area contributed by atoms with Crippen LogP contribution in [0.15, 0.2) is 24.3 Å². The van der Waals surface area contributed by atoms with E-state index in [1.54, 1.807) is 6.07 Å². The van der Waals surface area contributed by atoms with Crippen LogP contribution in [-0.4, -0.2) is 29.0 Å². The van der Waals surface area contributed by atoms with Crippen LogP contribution in [0.1, 0.15) is 35.0 Å². The number of aromatic nitrogens is 2. The molecule has 1 atom stereocenters. The van der Waals surface area contributed by atoms with Crippen molar-refractivity contribution >= 4 is 11.9 Å². The molecular weight excluding hydrogens is 288 g/mol. The third kappa shape index (κ3) is 2.46. The zero-order chi connectivity index (χ0) is 16.0. The van der Waals surface area contributed by atoms with Gasteiger partial charge in [-0.2, -0.15) is 0 Å². The van der Waals surface area contributed by atoms with Crippen molar-refractivity contribution in [3.8, 4) is 11.3 Å². The zero-order valence-corrected chi connectivity index (χ0v) is 13.2. The third-order valence-corrected chi connectivity index (χ3v) is 4.73. The summed E-state index contributed by atoms with van der Waals surface area (Å²) in [6.45, 7) is 4.29. The monoisotopic (exact) mass is 308 g/mol. The first kappa shape index (κ1) is 14.2. The molecule has 0 radical (unpaired) electrons. The van der Waals surface area contributed by atoms with Gasteiger partial charge in [0, 0.05) is 29.8 Å². The number of nitrogens with zero attached hydrogens (tertiary/aromatic N) is 3. The van der Waals surface area contributed by atoms with Crippen molar-refractivity contribution in [2.75, 3.05) is 18.0 Å². The Labute approximate surface area is 135 Å². The SMILES string of the molecule is CC1Cc2nc(N3CCC3)nc(-c3cccc(C(N)=O)c3)c2C1. The van der Waals surface area contributed by atoms with Crippen LogP contribution in [0, 0.1) is 5.92 Å². The highest BCUT2D eigenvalue weighted by atomic mass is 16.1. The minimum atomic E-state index is -0.408. The van der Waals surface area contributed by atoms with Crippen molar-refractivity contribution in [3.63, 3.8) is 0 Å². The van der Waals surface area contributed by atoms with Crippen LogP contribution in [0.25, 0.3) is 11.3 Å². The standard InChI is InChI=1S/C18H20N4O/c1-11-8-14-15(9-11)20-18(22-6-3-7-22)21-16(14)12-4-2-5-13(10-12)17(19)23/h2,4-5,10-11H,3,6-9H2,1H3,(H2,19,23). The van der Waals surface area contributed by atoms with E-state index < -0.39 is 5.91 Å². The largest absolute Gasteiger partial charge is 0.366 e. The van der Waals surface area contributed by atoms with Crippen LogP contribution in [0.5, 0.6) is 0 Å². The molecule has 1 aromatic carbocycles. The summed E-state index contributed by atoms with van der Waals surface area (Å²) in [6, 6.07) is 7.45. The Balaban J connectivity index is 1.85. The van der Waals surface area contributed by atoms with Crippen LogP contribution in [0.2, 0.25) is 0 Å². The van der Waals surface area contributed by atoms with Gasteiger partial charge in [-0.15, -0.1) is 0 Å². The molecule has 23 heavy (non-hydrogen) atoms. The summed E-state index contributed by atoms with van der Waals surface area (Å²) in [4.78, 5) is 23.3. The lowest BCUT2D eigenvalue weighted by molar-refractivity contribution is 0.100. The van der Waals surface area contributed by atoms with E-state index in [1.165, 1.54) is 12.0 Å². The molecule has 1 aromatic heterocycles. The second kappa shape index (κ2) is 5.33. The quantitative estimate of drug-likeness (QED) is 0.943. The number of hydrogen-bond donors (Lipinski definition) is 1. The van der Waals surface area contributed by atoms with Gasteiger partial charge in [0.15, 0.2) is 0 Å². The summed E-state index contributed by atoms with van der Waals surface area (Å²) < 4.78 is 0. The average molecular weight is 308 g/mol. The van der Waals surface area contributed by atoms with Crippen molar-refractivity contribution < 1.29 is 4.79 Å². The van der Waals surface area contributed by atoms with Crippen molar-refractivity contribution in [2.24, 2.45) is 11.7 Å². The summed E-state index contributed by atoms with van der Waals surface area (Å²) in [5.74, 6) is 1.00. The molecule has 0 saturated carbocycles. The predicted molar refractivity (Wildman–Crippen MR) is 89.4 cm³/mol. The van der Waals surface area contributed by atoms with E-state index in [-0.39, 0.29) is 0 Å². The Morgan fingerprint density at radius 2 is 2.09 bits per heavy atom. The Morgan fingerprint density at radius 1 is 1.26 bits per heavy atom. The lowest BCUT2D eigenvalue weighted by Crippen LogP contribution is -2.38. The van der Waals surface area contributed by atoms with Gasteiger partial charge in [0.05, 0.1) is 11.4 Å². The maximum Gasteiger partial charge on any atom is 0.248 e. The summed E-state index contributed by atoms with van der Waals surface area (Å²) >= 11 is 0. The van der Waals surface area contributed by atoms with Gasteiger partial charge in [-0.25, -0.2) is 9.97 Å². The molecule has 5 nitrogen and oxygen atoms in total. The number of carbonyl (C=O) groups excluding carboxylic acids is 1. The first-order chi connectivity index (χ1) is 11.1. The van der Waals surface area contributed by atoms with Gasteiger partial charge in [0.25, 0.3) is 0 Å². The number of anilines is 1. The molecule has 4 rings (SSSR count). The predicted octanol–water partition coefficient (Wildman–Crippen LogP) is 2.19. The maximum atomic E-state index is 11.5. The summed E-state index contributed by atoms with van der Waals surface area (Å²) in [5, 5.41) is 0. The Bertz CT molecular complexity index is 783. The van der Waals surface area contributed by atoms with Gasteiger partial charge in [-0.1, -0.05) is 19.1 Å². The van der Waals surface area contributed by atoms with E-state index in [0.717, 1.165) is 48.8 Å². The van der Waals surface area contributed by atoms with Gasteiger partial charge in [0.2, 0.25) is 11.9 Å². The first-order valence-electron chi connectivity index (χ1n) is 8.17. The molecule has 1 fully saturated rings. The molecule has 0 bridgehead atoms. The molecule has 118 valence electrons. The highest BCUT2D eigenvalue weighted by Gasteiger charge is 2.27. The molecule has 2 N–H and O–H groups in total. The number of amides is 1. The molecule has 2 aromatic rings. The number of hydrogen-bond acceptors (Lipinski definition) is 4. The number of rotatable bonds is 3. The Morgan fingerprint density at radius 3 is 2.78 bits per heavy atom. The highest BCUT2D eigenvalue weighted by molar-refractivity contribution is 5.94. The lowest BCUT2D eigenvalue weighted by Gasteiger charge is -2.31. The molecule has 1 amide bonds. The number of nitrogens with two attached hydrogens (primary N) is 1. The van der Waals surface area contributed by atoms with E-state index in [2.05, 4.69) is 11.8 Å². The molecule has 0 spiro atoms. The van der Waals surface area contributed by atoms with Crippen molar-refractivity contribution in [3.05, 3.63) is 41.1 Å². The fourth-order valence-electron chi connectivity index (χ4n) is 3.37. The Hall–Kier alpha value is -2.43. The molecule has 2 heterocycles. The third-order valence-electron chi connectivity index (χ3n) is 4.73. The van der Waals surface area contributed by atoms with Gasteiger partial charge >= 0.3 is 0 Å². The first-order valence-corrected chi connectivity index (χ1v) is 8.17. The number of fused-ring (bicyclic) bond motifs is 1. The number of primary amides is 1. The maximum absolute atomic E-state index is 11.5. The van der Waals surface area contributed by atoms with Gasteiger partial charge in [0.1, 0.15) is 0 Å². The van der Waals surface area contributed by atoms with E-state index >= 15 is 0 Å². The van der Waals surface area contributed by atoms with Crippen LogP contribution in [-0.2, 0) is 12.8 Å². The molecule has 1 unspecified atom stereocenters. The average Bonchev–Trinajstić information content (AvgIpc) is 2.85. The van der Waals surface area contributed by atoms with E-state index in [0.29, 0.717) is 11.5 Å². The second-order valence-corrected chi connectivity index (χ2v) is 6.60. The number of carbonyl (C=O) groups is 1. The van der Waals surface area contributed by atoms with Crippen LogP contribution in [0.4, 0.5) is 5.95 Å². The second-order valence-electron chi connectivity index (χ2n) is 6.60. The van der Waals surface area contributed by atoms with Crippen molar-refractivity contribution in [2.45, 2.75) is 26.2 Å². The van der Waals surface area contributed by atoms with Crippen molar-refractivity contribution in [1.29, 1.82) is 0 Å². The van der Waals surface area contributed by atoms with E-state index in [1.807, 2.05) is 18.2 Å². The number of benzene rings is 1. The van der Waals surface area contributed by atoms with Crippen molar-refractivity contribution in [1.82, 2.24) is 9.97 Å². The van der Waals surface area contributed by atoms with E-state index in [9.17, 15) is 4.79 Å². The Kier molecular flexibility index (Phi) is 3.29. The topological polar surface area (TPSA) is 72.1 Å². The molecular formula is C18H20N4O. The van der Waals surface area contributed by atoms with Gasteiger partial charge in [-0.05, 0) is 37.3 Å². The normalized spacial score (nSPS) is 19.3. The molecule has 1 aliphatic heterocycles. The van der Waals surface area contributed by atoms with Crippen LogP contribution >= 0.6 is 0 Å². The van der Waals surface area contributed by atoms with Crippen LogP contribution < -0.4 is 10.6 Å². The smallest absolute Gasteiger partial charge is 0.248 e. The molecule has 1 aliphatic carbocycles. The summed E-state index contributed by atoms with van der Waals surface area (Å²) in [7, 11) is 0. The summed E-state index contributed by atoms with van der Waals surface area (Å²) in [5.41, 5.74) is 10.2. The van der Waals surface area contributed by atoms with Crippen LogP contribution in [0.3, 0.4) is 0 Å². The minimum Gasteiger partial charge on any atom is -0.366 e. The fourth-order valence-corrected chi connectivity index (χ4v) is 3.37. The molecule has 5 heteroatoms. The van der Waals surface area contributed by atoms with Gasteiger partial charge in [-0.3, -0.25) is 4.79 Å². The zero-order valence-electron chi connectivity index (χ0n) is 13.2. The minimum absolute atomic E-state index is 0.408. The van der Waals surface area contributed by atoms with Gasteiger partial charge < -0.3 is 10.6 Å². The lowest BCUT2D eigenvalue weighted by atomic mass is 10.0. The molecule has 1 saturated heterocycles. The highest BCUT2D eigenvalue weighted by Crippen LogP contribution is 2.35. The molecule has 2 aliphatic rings. The van der Waals surface area contributed by atoms with E-state index in [4.69, 9.17) is 15.7 Å².